The van der Waals surface area contributed by atoms with Crippen molar-refractivity contribution in [3.8, 4) is 6.07 Å². The molecule has 0 bridgehead atoms. The Hall–Kier alpha value is -2.55. The Morgan fingerprint density at radius 1 is 1.18 bits per heavy atom. The Bertz CT molecular complexity index is 592. The number of aromatic nitrogens is 2. The largest absolute Gasteiger partial charge is 0.339 e. The predicted molar refractivity (Wildman–Crippen MR) is 56.4 cm³/mol. The molecule has 0 aliphatic rings. The van der Waals surface area contributed by atoms with Crippen LogP contribution >= 0.6 is 0 Å². The summed E-state index contributed by atoms with van der Waals surface area (Å²) in [5, 5.41) is 11.5. The average molecular weight is 232 g/mol. The summed E-state index contributed by atoms with van der Waals surface area (Å²) in [7, 11) is 0. The summed E-state index contributed by atoms with van der Waals surface area (Å²) in [4.78, 5) is 7.06. The molecule has 1 heterocycles. The molecule has 17 heavy (non-hydrogen) atoms. The summed E-state index contributed by atoms with van der Waals surface area (Å²) in [5.74, 6) is -1.01. The van der Waals surface area contributed by atoms with Gasteiger partial charge in [0.2, 0.25) is 5.95 Å². The van der Waals surface area contributed by atoms with Crippen LogP contribution in [0.1, 0.15) is 5.56 Å². The standard InChI is InChI=1S/C11H6F2N4/c12-8-1-2-9(7(3-8)5-14)17-11-4-10(13)15-6-16-11/h1-4,6H,(H,15,16,17). The third kappa shape index (κ3) is 2.52. The van der Waals surface area contributed by atoms with Gasteiger partial charge in [0.05, 0.1) is 11.3 Å². The first-order chi connectivity index (χ1) is 8.19. The molecule has 2 aromatic rings. The molecule has 1 N–H and O–H groups in total. The lowest BCUT2D eigenvalue weighted by Crippen LogP contribution is -1.98. The molecule has 2 rings (SSSR count). The topological polar surface area (TPSA) is 61.6 Å². The fourth-order valence-electron chi connectivity index (χ4n) is 1.26. The van der Waals surface area contributed by atoms with Crippen molar-refractivity contribution < 1.29 is 8.78 Å². The molecule has 0 amide bonds. The van der Waals surface area contributed by atoms with Crippen LogP contribution in [0.2, 0.25) is 0 Å². The molecule has 4 nitrogen and oxygen atoms in total. The van der Waals surface area contributed by atoms with Crippen LogP contribution in [0.15, 0.2) is 30.6 Å². The molecular formula is C11H6F2N4. The Labute approximate surface area is 95.6 Å². The highest BCUT2D eigenvalue weighted by atomic mass is 19.1. The third-order valence-electron chi connectivity index (χ3n) is 2.00. The van der Waals surface area contributed by atoms with Gasteiger partial charge >= 0.3 is 0 Å². The van der Waals surface area contributed by atoms with Crippen LogP contribution in [-0.2, 0) is 0 Å². The maximum absolute atomic E-state index is 12.9. The van der Waals surface area contributed by atoms with Crippen LogP contribution in [0.3, 0.4) is 0 Å². The number of nitrogens with one attached hydrogen (secondary N) is 1. The smallest absolute Gasteiger partial charge is 0.218 e. The Morgan fingerprint density at radius 3 is 2.71 bits per heavy atom. The highest BCUT2D eigenvalue weighted by Gasteiger charge is 2.05. The van der Waals surface area contributed by atoms with E-state index in [2.05, 4.69) is 15.3 Å². The van der Waals surface area contributed by atoms with E-state index in [1.165, 1.54) is 12.1 Å². The molecule has 0 saturated heterocycles. The van der Waals surface area contributed by atoms with Gasteiger partial charge in [0.1, 0.15) is 24.0 Å². The highest BCUT2D eigenvalue weighted by molar-refractivity contribution is 5.64. The van der Waals surface area contributed by atoms with Gasteiger partial charge < -0.3 is 5.32 Å². The molecule has 0 fully saturated rings. The van der Waals surface area contributed by atoms with E-state index in [4.69, 9.17) is 5.26 Å². The van der Waals surface area contributed by atoms with Gasteiger partial charge in [0.15, 0.2) is 0 Å². The van der Waals surface area contributed by atoms with Gasteiger partial charge in [0.25, 0.3) is 0 Å². The van der Waals surface area contributed by atoms with E-state index >= 15 is 0 Å². The monoisotopic (exact) mass is 232 g/mol. The van der Waals surface area contributed by atoms with Crippen molar-refractivity contribution in [1.29, 1.82) is 5.26 Å². The molecule has 0 saturated carbocycles. The summed E-state index contributed by atoms with van der Waals surface area (Å²) >= 11 is 0. The molecule has 6 heteroatoms. The van der Waals surface area contributed by atoms with Crippen molar-refractivity contribution in [2.75, 3.05) is 5.32 Å². The summed E-state index contributed by atoms with van der Waals surface area (Å²) in [6.45, 7) is 0. The van der Waals surface area contributed by atoms with E-state index < -0.39 is 11.8 Å². The van der Waals surface area contributed by atoms with E-state index in [9.17, 15) is 8.78 Å². The number of benzene rings is 1. The molecule has 0 unspecified atom stereocenters. The average Bonchev–Trinajstić information content (AvgIpc) is 2.31. The van der Waals surface area contributed by atoms with Crippen LogP contribution in [0.25, 0.3) is 0 Å². The Morgan fingerprint density at radius 2 is 2.00 bits per heavy atom. The number of nitrogens with zero attached hydrogens (tertiary/aromatic N) is 3. The quantitative estimate of drug-likeness (QED) is 0.807. The van der Waals surface area contributed by atoms with Gasteiger partial charge in [-0.1, -0.05) is 0 Å². The lowest BCUT2D eigenvalue weighted by molar-refractivity contribution is 0.580. The van der Waals surface area contributed by atoms with Crippen molar-refractivity contribution in [2.45, 2.75) is 0 Å². The molecule has 84 valence electrons. The first kappa shape index (κ1) is 11.0. The van der Waals surface area contributed by atoms with E-state index in [1.54, 1.807) is 0 Å². The molecule has 0 spiro atoms. The number of hydrogen-bond acceptors (Lipinski definition) is 4. The van der Waals surface area contributed by atoms with Crippen LogP contribution in [0, 0.1) is 23.1 Å². The van der Waals surface area contributed by atoms with Gasteiger partial charge in [0, 0.05) is 6.07 Å². The molecule has 1 aromatic carbocycles. The molecular weight excluding hydrogens is 226 g/mol. The van der Waals surface area contributed by atoms with Gasteiger partial charge in [-0.2, -0.15) is 9.65 Å². The van der Waals surface area contributed by atoms with Gasteiger partial charge in [-0.05, 0) is 18.2 Å². The Balaban J connectivity index is 2.34. The fourth-order valence-corrected chi connectivity index (χ4v) is 1.26. The summed E-state index contributed by atoms with van der Waals surface area (Å²) in [6, 6.07) is 6.57. The zero-order valence-corrected chi connectivity index (χ0v) is 8.48. The fraction of sp³-hybridized carbons (Fsp3) is 0. The maximum atomic E-state index is 12.9. The number of anilines is 2. The van der Waals surface area contributed by atoms with E-state index in [-0.39, 0.29) is 11.4 Å². The highest BCUT2D eigenvalue weighted by Crippen LogP contribution is 2.19. The van der Waals surface area contributed by atoms with E-state index in [0.717, 1.165) is 18.5 Å². The lowest BCUT2D eigenvalue weighted by Gasteiger charge is -2.06. The summed E-state index contributed by atoms with van der Waals surface area (Å²) in [5.41, 5.74) is 0.469. The van der Waals surface area contributed by atoms with Crippen LogP contribution < -0.4 is 5.32 Å². The minimum atomic E-state index is -0.692. The lowest BCUT2D eigenvalue weighted by atomic mass is 10.2. The van der Waals surface area contributed by atoms with E-state index in [0.29, 0.717) is 5.69 Å². The minimum Gasteiger partial charge on any atom is -0.339 e. The van der Waals surface area contributed by atoms with Crippen molar-refractivity contribution in [1.82, 2.24) is 9.97 Å². The third-order valence-corrected chi connectivity index (χ3v) is 2.00. The summed E-state index contributed by atoms with van der Waals surface area (Å²) in [6.07, 6.45) is 1.05. The Kier molecular flexibility index (Phi) is 2.92. The second-order valence-corrected chi connectivity index (χ2v) is 3.15. The van der Waals surface area contributed by atoms with Crippen LogP contribution in [0.5, 0.6) is 0 Å². The van der Waals surface area contributed by atoms with Crippen molar-refractivity contribution in [3.05, 3.63) is 47.9 Å². The van der Waals surface area contributed by atoms with Crippen molar-refractivity contribution >= 4 is 11.5 Å². The maximum Gasteiger partial charge on any atom is 0.218 e. The second kappa shape index (κ2) is 4.53. The number of nitriles is 1. The molecule has 0 aliphatic heterocycles. The predicted octanol–water partition coefficient (Wildman–Crippen LogP) is 2.37. The second-order valence-electron chi connectivity index (χ2n) is 3.15. The summed E-state index contributed by atoms with van der Waals surface area (Å²) < 4.78 is 25.7. The van der Waals surface area contributed by atoms with Gasteiger partial charge in [-0.15, -0.1) is 0 Å². The van der Waals surface area contributed by atoms with Crippen molar-refractivity contribution in [2.24, 2.45) is 0 Å². The number of rotatable bonds is 2. The molecule has 1 aromatic heterocycles. The van der Waals surface area contributed by atoms with Crippen LogP contribution in [-0.4, -0.2) is 9.97 Å². The van der Waals surface area contributed by atoms with E-state index in [1.807, 2.05) is 6.07 Å². The first-order valence-electron chi connectivity index (χ1n) is 4.63. The number of hydrogen-bond donors (Lipinski definition) is 1. The van der Waals surface area contributed by atoms with Crippen LogP contribution in [0.4, 0.5) is 20.3 Å². The minimum absolute atomic E-state index is 0.115. The molecule has 0 radical (unpaired) electrons. The zero-order valence-electron chi connectivity index (χ0n) is 8.48. The normalized spacial score (nSPS) is 9.71. The van der Waals surface area contributed by atoms with Crippen molar-refractivity contribution in [3.63, 3.8) is 0 Å². The van der Waals surface area contributed by atoms with Gasteiger partial charge in [-0.3, -0.25) is 0 Å². The molecule has 0 aliphatic carbocycles. The van der Waals surface area contributed by atoms with Gasteiger partial charge in [-0.25, -0.2) is 14.4 Å². The zero-order chi connectivity index (χ0) is 12.3. The number of halogens is 2. The molecule has 0 atom stereocenters. The first-order valence-corrected chi connectivity index (χ1v) is 4.63. The SMILES string of the molecule is N#Cc1cc(F)ccc1Nc1cc(F)ncn1.